The summed E-state index contributed by atoms with van der Waals surface area (Å²) in [5, 5.41) is 1.55. The lowest BCUT2D eigenvalue weighted by Crippen LogP contribution is -2.00. The van der Waals surface area contributed by atoms with Crippen LogP contribution < -0.4 is 0 Å². The highest BCUT2D eigenvalue weighted by molar-refractivity contribution is 7.26. The van der Waals surface area contributed by atoms with Gasteiger partial charge < -0.3 is 4.42 Å². The number of thiophene rings is 1. The van der Waals surface area contributed by atoms with Crippen LogP contribution in [0.1, 0.15) is 20.6 Å². The molecule has 0 saturated heterocycles. The third-order valence-electron chi connectivity index (χ3n) is 8.21. The Balaban J connectivity index is 1.21. The molecule has 0 aliphatic carbocycles. The van der Waals surface area contributed by atoms with Crippen molar-refractivity contribution in [2.75, 3.05) is 0 Å². The maximum absolute atomic E-state index is 9.53. The summed E-state index contributed by atoms with van der Waals surface area (Å²) in [6.45, 7) is 0. The van der Waals surface area contributed by atoms with Gasteiger partial charge in [-0.15, -0.1) is 11.3 Å². The maximum Gasteiger partial charge on any atom is 0.164 e. The summed E-state index contributed by atoms with van der Waals surface area (Å²) >= 11 is 0.769. The molecular weight excluding hydrogens is 631 g/mol. The minimum atomic E-state index is -0.786. The molecule has 3 aromatic heterocycles. The maximum atomic E-state index is 9.53. The third kappa shape index (κ3) is 4.87. The highest BCUT2D eigenvalue weighted by Gasteiger charge is 2.16. The number of benzene rings is 7. The zero-order valence-electron chi connectivity index (χ0n) is 40.6. The number of furan rings is 1. The van der Waals surface area contributed by atoms with E-state index in [0.717, 1.165) is 22.1 Å². The molecule has 0 bridgehead atoms. The average molecular weight is 673 g/mol. The molecule has 10 aromatic rings. The van der Waals surface area contributed by atoms with Gasteiger partial charge in [-0.3, -0.25) is 0 Å². The van der Waals surface area contributed by atoms with Gasteiger partial charge in [0.1, 0.15) is 11.2 Å². The minimum absolute atomic E-state index is 0.00768. The first-order valence-corrected chi connectivity index (χ1v) is 16.2. The molecule has 4 nitrogen and oxygen atoms in total. The second-order valence-electron chi connectivity index (χ2n) is 11.2. The first-order valence-electron chi connectivity index (χ1n) is 22.9. The zero-order chi connectivity index (χ0) is 46.1. The van der Waals surface area contributed by atoms with E-state index in [9.17, 15) is 6.85 Å². The fraction of sp³-hybridized carbons (Fsp3) is 0. The third-order valence-corrected chi connectivity index (χ3v) is 9.34. The van der Waals surface area contributed by atoms with E-state index in [-0.39, 0.29) is 48.8 Å². The van der Waals surface area contributed by atoms with Crippen LogP contribution >= 0.6 is 11.3 Å². The van der Waals surface area contributed by atoms with Crippen molar-refractivity contribution < 1.29 is 25.0 Å². The molecule has 7 aromatic carbocycles. The number of hydrogen-bond acceptors (Lipinski definition) is 5. The van der Waals surface area contributed by atoms with Crippen LogP contribution in [0.3, 0.4) is 0 Å². The summed E-state index contributed by atoms with van der Waals surface area (Å²) in [6, 6.07) is 12.1. The molecule has 0 radical (unpaired) electrons. The first kappa shape index (κ1) is 17.3. The zero-order valence-corrected chi connectivity index (χ0v) is 26.4. The molecule has 5 heteroatoms. The molecule has 50 heavy (non-hydrogen) atoms. The van der Waals surface area contributed by atoms with Gasteiger partial charge in [-0.2, -0.15) is 0 Å². The number of hydrogen-bond donors (Lipinski definition) is 0. The van der Waals surface area contributed by atoms with Gasteiger partial charge in [0.25, 0.3) is 0 Å². The van der Waals surface area contributed by atoms with E-state index in [0.29, 0.717) is 22.3 Å². The Hall–Kier alpha value is -6.43. The molecule has 234 valence electrons. The quantitative estimate of drug-likeness (QED) is 0.183. The van der Waals surface area contributed by atoms with Crippen molar-refractivity contribution in [2.45, 2.75) is 0 Å². The van der Waals surface area contributed by atoms with Gasteiger partial charge >= 0.3 is 0 Å². The molecule has 0 aliphatic rings. The van der Waals surface area contributed by atoms with Crippen molar-refractivity contribution in [2.24, 2.45) is 0 Å². The molecule has 0 spiro atoms. The van der Waals surface area contributed by atoms with Crippen LogP contribution in [0.15, 0.2) is 168 Å². The van der Waals surface area contributed by atoms with Gasteiger partial charge in [-0.1, -0.05) is 133 Å². The fourth-order valence-corrected chi connectivity index (χ4v) is 6.92. The summed E-state index contributed by atoms with van der Waals surface area (Å²) in [4.78, 5) is 14.1. The molecule has 10 rings (SSSR count). The number of para-hydroxylation sites is 1. The number of aromatic nitrogens is 3. The van der Waals surface area contributed by atoms with E-state index < -0.39 is 107 Å². The fourth-order valence-electron chi connectivity index (χ4n) is 5.85. The van der Waals surface area contributed by atoms with Crippen molar-refractivity contribution in [1.82, 2.24) is 15.0 Å². The minimum Gasteiger partial charge on any atom is -0.456 e. The highest BCUT2D eigenvalue weighted by Crippen LogP contribution is 2.40. The van der Waals surface area contributed by atoms with Crippen molar-refractivity contribution >= 4 is 53.4 Å². The standard InChI is InChI=1S/C45H27N3OS/c1-2-10-30(11-3-1)43-46-44(48-45(47-43)33-24-25-36-35-14-4-6-18-39(35)49-40(36)27-33)32-13-8-12-31(26-32)28-20-22-29(23-21-28)34-16-9-17-38-37-15-5-7-19-41(37)50-42(34)38/h1-27H/i5D,7D,8D,9D,12D,13D,15D,16D,17D,19D,20D,21D,22D,23D,26D. The molecule has 0 unspecified atom stereocenters. The second kappa shape index (κ2) is 11.6. The number of rotatable bonds is 5. The molecule has 3 heterocycles. The lowest BCUT2D eigenvalue weighted by molar-refractivity contribution is 0.669. The molecule has 0 atom stereocenters. The van der Waals surface area contributed by atoms with Gasteiger partial charge in [0.15, 0.2) is 17.5 Å². The van der Waals surface area contributed by atoms with Gasteiger partial charge in [-0.25, -0.2) is 15.0 Å². The monoisotopic (exact) mass is 672 g/mol. The number of fused-ring (bicyclic) bond motifs is 6. The predicted octanol–water partition coefficient (Wildman–Crippen LogP) is 12.5. The molecule has 0 N–H and O–H groups in total. The topological polar surface area (TPSA) is 51.8 Å². The van der Waals surface area contributed by atoms with E-state index in [1.807, 2.05) is 30.3 Å². The van der Waals surface area contributed by atoms with Gasteiger partial charge in [0.05, 0.1) is 20.6 Å². The largest absolute Gasteiger partial charge is 0.456 e. The molecule has 0 fully saturated rings. The van der Waals surface area contributed by atoms with Crippen molar-refractivity contribution in [3.05, 3.63) is 163 Å². The van der Waals surface area contributed by atoms with Crippen LogP contribution in [0.5, 0.6) is 0 Å². The molecular formula is C45H27N3OS. The predicted molar refractivity (Wildman–Crippen MR) is 207 cm³/mol. The number of nitrogens with zero attached hydrogens (tertiary/aromatic N) is 3. The molecule has 0 aliphatic heterocycles. The van der Waals surface area contributed by atoms with Crippen LogP contribution in [0.4, 0.5) is 0 Å². The Morgan fingerprint density at radius 2 is 1.14 bits per heavy atom. The van der Waals surface area contributed by atoms with Crippen molar-refractivity contribution in [3.63, 3.8) is 0 Å². The second-order valence-corrected chi connectivity index (χ2v) is 12.3. The van der Waals surface area contributed by atoms with E-state index in [4.69, 9.17) is 28.1 Å². The summed E-state index contributed by atoms with van der Waals surface area (Å²) in [7, 11) is 0. The summed E-state index contributed by atoms with van der Waals surface area (Å²) in [5.41, 5.74) is 0.0195. The summed E-state index contributed by atoms with van der Waals surface area (Å²) in [5.74, 6) is 0.0181. The Morgan fingerprint density at radius 3 is 2.02 bits per heavy atom. The average Bonchev–Trinajstić information content (AvgIpc) is 3.90. The first-order chi connectivity index (χ1) is 31.0. The summed E-state index contributed by atoms with van der Waals surface area (Å²) in [6.07, 6.45) is 0. The molecule has 0 saturated carbocycles. The Morgan fingerprint density at radius 1 is 0.460 bits per heavy atom. The lowest BCUT2D eigenvalue weighted by Gasteiger charge is -2.10. The normalized spacial score (nSPS) is 15.8. The van der Waals surface area contributed by atoms with Crippen LogP contribution in [-0.4, -0.2) is 15.0 Å². The Labute approximate surface area is 313 Å². The van der Waals surface area contributed by atoms with Crippen LogP contribution in [0.2, 0.25) is 0 Å². The van der Waals surface area contributed by atoms with E-state index in [1.165, 1.54) is 0 Å². The van der Waals surface area contributed by atoms with Crippen molar-refractivity contribution in [3.8, 4) is 56.4 Å². The summed E-state index contributed by atoms with van der Waals surface area (Å²) < 4.78 is 140. The smallest absolute Gasteiger partial charge is 0.164 e. The van der Waals surface area contributed by atoms with E-state index in [2.05, 4.69) is 4.98 Å². The van der Waals surface area contributed by atoms with E-state index >= 15 is 0 Å². The van der Waals surface area contributed by atoms with Crippen LogP contribution in [-0.2, 0) is 0 Å². The Kier molecular flexibility index (Phi) is 4.02. The SMILES string of the molecule is [2H]c1c([2H])c(-c2nc(-c3ccccc3)nc(-c3ccc4c(c3)oc3ccccc34)n2)c([2H])c(-c2c([2H])c([2H])c(-c3c([2H])c([2H])c([2H])c4c3sc3c([2H])c([2H])c([2H])c([2H])c34)c([2H])c2[2H])c1[2H]. The van der Waals surface area contributed by atoms with E-state index in [1.54, 1.807) is 42.5 Å². The highest BCUT2D eigenvalue weighted by atomic mass is 32.1. The van der Waals surface area contributed by atoms with Crippen LogP contribution in [0, 0.1) is 0 Å². The van der Waals surface area contributed by atoms with Gasteiger partial charge in [-0.05, 0) is 52.5 Å². The molecule has 0 amide bonds. The van der Waals surface area contributed by atoms with Crippen molar-refractivity contribution in [1.29, 1.82) is 0 Å². The van der Waals surface area contributed by atoms with Gasteiger partial charge in [0.2, 0.25) is 0 Å². The lowest BCUT2D eigenvalue weighted by atomic mass is 9.98. The van der Waals surface area contributed by atoms with Crippen LogP contribution in [0.25, 0.3) is 98.5 Å². The van der Waals surface area contributed by atoms with Gasteiger partial charge in [0, 0.05) is 47.6 Å². The Bertz CT molecular complexity index is 3710.